The first-order valence-electron chi connectivity index (χ1n) is 10.2. The molecule has 0 radical (unpaired) electrons. The molecule has 0 N–H and O–H groups in total. The lowest BCUT2D eigenvalue weighted by Crippen LogP contribution is -2.21. The Labute approximate surface area is 185 Å². The van der Waals surface area contributed by atoms with Crippen LogP contribution in [0.2, 0.25) is 0 Å². The smallest absolute Gasteiger partial charge is 0.312 e. The van der Waals surface area contributed by atoms with Crippen molar-refractivity contribution in [3.05, 3.63) is 88.7 Å². The van der Waals surface area contributed by atoms with E-state index >= 15 is 0 Å². The Hall–Kier alpha value is -4.06. The first-order valence-corrected chi connectivity index (χ1v) is 10.2. The summed E-state index contributed by atoms with van der Waals surface area (Å²) in [5.74, 6) is 1.31. The largest absolute Gasteiger partial charge is 0.493 e. The summed E-state index contributed by atoms with van der Waals surface area (Å²) in [6.45, 7) is 0. The molecule has 3 aromatic rings. The second-order valence-corrected chi connectivity index (χ2v) is 7.55. The Bertz CT molecular complexity index is 1260. The van der Waals surface area contributed by atoms with Gasteiger partial charge in [-0.1, -0.05) is 36.4 Å². The van der Waals surface area contributed by atoms with E-state index in [4.69, 9.17) is 18.9 Å². The number of hydrogen-bond donors (Lipinski definition) is 0. The van der Waals surface area contributed by atoms with Gasteiger partial charge < -0.3 is 18.9 Å². The molecule has 0 amide bonds. The van der Waals surface area contributed by atoms with Crippen LogP contribution in [-0.2, 0) is 4.79 Å². The van der Waals surface area contributed by atoms with E-state index in [9.17, 15) is 9.59 Å². The van der Waals surface area contributed by atoms with Gasteiger partial charge >= 0.3 is 5.97 Å². The Morgan fingerprint density at radius 2 is 1.69 bits per heavy atom. The molecule has 2 aliphatic rings. The lowest BCUT2D eigenvalue weighted by Gasteiger charge is -2.26. The van der Waals surface area contributed by atoms with E-state index in [1.165, 1.54) is 0 Å². The van der Waals surface area contributed by atoms with Crippen LogP contribution in [0.15, 0.2) is 66.4 Å². The molecule has 1 unspecified atom stereocenters. The SMILES string of the molecule is COc1ccc(C2CC(=O)Oc3ccc4c(c32)OC(=Cc2ccccc2)C4=O)cc1OC. The van der Waals surface area contributed by atoms with Crippen LogP contribution in [0.5, 0.6) is 23.0 Å². The highest BCUT2D eigenvalue weighted by molar-refractivity contribution is 6.15. The molecule has 2 aliphatic heterocycles. The number of ether oxygens (including phenoxy) is 4. The Morgan fingerprint density at radius 3 is 2.44 bits per heavy atom. The second-order valence-electron chi connectivity index (χ2n) is 7.55. The van der Waals surface area contributed by atoms with Crippen LogP contribution in [0.4, 0.5) is 0 Å². The van der Waals surface area contributed by atoms with Gasteiger partial charge in [0, 0.05) is 11.5 Å². The van der Waals surface area contributed by atoms with Crippen molar-refractivity contribution in [2.45, 2.75) is 12.3 Å². The van der Waals surface area contributed by atoms with Crippen molar-refractivity contribution in [3.63, 3.8) is 0 Å². The van der Waals surface area contributed by atoms with Crippen molar-refractivity contribution in [2.75, 3.05) is 14.2 Å². The fourth-order valence-electron chi connectivity index (χ4n) is 4.16. The van der Waals surface area contributed by atoms with Crippen molar-refractivity contribution in [2.24, 2.45) is 0 Å². The zero-order valence-electron chi connectivity index (χ0n) is 17.6. The Kier molecular flexibility index (Phi) is 4.90. The molecule has 0 spiro atoms. The van der Waals surface area contributed by atoms with Crippen molar-refractivity contribution in [1.82, 2.24) is 0 Å². The predicted octanol–water partition coefficient (Wildman–Crippen LogP) is 4.76. The number of allylic oxidation sites excluding steroid dienone is 1. The molecular formula is C26H20O6. The predicted molar refractivity (Wildman–Crippen MR) is 117 cm³/mol. The summed E-state index contributed by atoms with van der Waals surface area (Å²) in [5.41, 5.74) is 2.83. The minimum Gasteiger partial charge on any atom is -0.493 e. The van der Waals surface area contributed by atoms with Crippen LogP contribution < -0.4 is 18.9 Å². The van der Waals surface area contributed by atoms with E-state index in [2.05, 4.69) is 0 Å². The number of Topliss-reactive ketones (excluding diaryl/α,β-unsaturated/α-hetero) is 1. The molecule has 0 aromatic heterocycles. The van der Waals surface area contributed by atoms with E-state index < -0.39 is 0 Å². The van der Waals surface area contributed by atoms with Gasteiger partial charge in [-0.15, -0.1) is 0 Å². The third-order valence-electron chi connectivity index (χ3n) is 5.69. The highest BCUT2D eigenvalue weighted by Gasteiger charge is 2.38. The molecule has 0 fully saturated rings. The molecule has 6 nitrogen and oxygen atoms in total. The molecule has 32 heavy (non-hydrogen) atoms. The third kappa shape index (κ3) is 3.30. The van der Waals surface area contributed by atoms with Gasteiger partial charge in [-0.25, -0.2) is 0 Å². The van der Waals surface area contributed by atoms with Gasteiger partial charge in [-0.05, 0) is 41.5 Å². The topological polar surface area (TPSA) is 71.1 Å². The third-order valence-corrected chi connectivity index (χ3v) is 5.69. The van der Waals surface area contributed by atoms with Crippen LogP contribution in [-0.4, -0.2) is 26.0 Å². The number of methoxy groups -OCH3 is 2. The van der Waals surface area contributed by atoms with Gasteiger partial charge in [0.15, 0.2) is 17.3 Å². The average Bonchev–Trinajstić information content (AvgIpc) is 3.13. The Balaban J connectivity index is 1.62. The van der Waals surface area contributed by atoms with E-state index in [0.29, 0.717) is 34.1 Å². The maximum atomic E-state index is 13.0. The monoisotopic (exact) mass is 428 g/mol. The average molecular weight is 428 g/mol. The summed E-state index contributed by atoms with van der Waals surface area (Å²) < 4.78 is 22.3. The quantitative estimate of drug-likeness (QED) is 0.339. The van der Waals surface area contributed by atoms with Crippen LogP contribution in [0, 0.1) is 0 Å². The second kappa shape index (κ2) is 7.89. The summed E-state index contributed by atoms with van der Waals surface area (Å²) in [6, 6.07) is 18.3. The van der Waals surface area contributed by atoms with Crippen molar-refractivity contribution < 1.29 is 28.5 Å². The molecule has 0 bridgehead atoms. The fraction of sp³-hybridized carbons (Fsp3) is 0.154. The summed E-state index contributed by atoms with van der Waals surface area (Å²) in [5, 5.41) is 0. The standard InChI is InChI=1S/C26H20O6/c1-29-19-10-8-16(13-21(19)30-2)18-14-23(27)31-20-11-9-17-25(28)22(32-26(17)24(18)20)12-15-6-4-3-5-7-15/h3-13,18H,14H2,1-2H3. The van der Waals surface area contributed by atoms with E-state index in [-0.39, 0.29) is 29.9 Å². The summed E-state index contributed by atoms with van der Waals surface area (Å²) >= 11 is 0. The molecule has 160 valence electrons. The van der Waals surface area contributed by atoms with Crippen molar-refractivity contribution in [3.8, 4) is 23.0 Å². The van der Waals surface area contributed by atoms with E-state index in [0.717, 1.165) is 11.1 Å². The maximum absolute atomic E-state index is 13.0. The molecule has 6 heteroatoms. The first kappa shape index (κ1) is 19.9. The molecule has 2 heterocycles. The van der Waals surface area contributed by atoms with E-state index in [1.807, 2.05) is 42.5 Å². The summed E-state index contributed by atoms with van der Waals surface area (Å²) in [4.78, 5) is 25.4. The number of carbonyl (C=O) groups is 2. The van der Waals surface area contributed by atoms with Gasteiger partial charge in [0.1, 0.15) is 11.5 Å². The van der Waals surface area contributed by atoms with Crippen LogP contribution >= 0.6 is 0 Å². The fourth-order valence-corrected chi connectivity index (χ4v) is 4.16. The number of ketones is 1. The maximum Gasteiger partial charge on any atom is 0.312 e. The molecule has 0 saturated heterocycles. The van der Waals surface area contributed by atoms with Crippen molar-refractivity contribution in [1.29, 1.82) is 0 Å². The molecule has 3 aromatic carbocycles. The summed E-state index contributed by atoms with van der Waals surface area (Å²) in [6.07, 6.45) is 1.84. The number of carbonyl (C=O) groups excluding carboxylic acids is 2. The molecular weight excluding hydrogens is 408 g/mol. The Morgan fingerprint density at radius 1 is 0.906 bits per heavy atom. The number of fused-ring (bicyclic) bond motifs is 3. The first-order chi connectivity index (χ1) is 15.6. The molecule has 1 atom stereocenters. The van der Waals surface area contributed by atoms with E-state index in [1.54, 1.807) is 38.5 Å². The molecule has 0 saturated carbocycles. The zero-order valence-corrected chi connectivity index (χ0v) is 17.6. The zero-order chi connectivity index (χ0) is 22.2. The number of benzene rings is 3. The highest BCUT2D eigenvalue weighted by Crippen LogP contribution is 2.49. The van der Waals surface area contributed by atoms with Gasteiger partial charge in [-0.3, -0.25) is 9.59 Å². The van der Waals surface area contributed by atoms with Gasteiger partial charge in [0.2, 0.25) is 5.78 Å². The minimum atomic E-state index is -0.357. The number of esters is 1. The summed E-state index contributed by atoms with van der Waals surface area (Å²) in [7, 11) is 3.13. The normalized spacial score (nSPS) is 17.9. The molecule has 0 aliphatic carbocycles. The van der Waals surface area contributed by atoms with Crippen LogP contribution in [0.1, 0.15) is 39.4 Å². The van der Waals surface area contributed by atoms with Gasteiger partial charge in [-0.2, -0.15) is 0 Å². The van der Waals surface area contributed by atoms with Gasteiger partial charge in [0.05, 0.1) is 26.2 Å². The van der Waals surface area contributed by atoms with Crippen LogP contribution in [0.3, 0.4) is 0 Å². The number of hydrogen-bond acceptors (Lipinski definition) is 6. The van der Waals surface area contributed by atoms with Crippen molar-refractivity contribution >= 4 is 17.8 Å². The van der Waals surface area contributed by atoms with Gasteiger partial charge in [0.25, 0.3) is 0 Å². The van der Waals surface area contributed by atoms with Crippen LogP contribution in [0.25, 0.3) is 6.08 Å². The highest BCUT2D eigenvalue weighted by atomic mass is 16.5. The molecule has 5 rings (SSSR count). The lowest BCUT2D eigenvalue weighted by molar-refractivity contribution is -0.135. The number of rotatable bonds is 4. The lowest BCUT2D eigenvalue weighted by atomic mass is 9.84. The minimum absolute atomic E-state index is 0.119.